The van der Waals surface area contributed by atoms with E-state index in [9.17, 15) is 4.79 Å². The smallest absolute Gasteiger partial charge is 0.224 e. The molecule has 0 aliphatic carbocycles. The van der Waals surface area contributed by atoms with Crippen molar-refractivity contribution >= 4 is 5.91 Å². The van der Waals surface area contributed by atoms with Gasteiger partial charge in [-0.3, -0.25) is 4.79 Å². The van der Waals surface area contributed by atoms with E-state index in [-0.39, 0.29) is 17.6 Å². The zero-order chi connectivity index (χ0) is 18.7. The van der Waals surface area contributed by atoms with Gasteiger partial charge in [0.2, 0.25) is 5.91 Å². The van der Waals surface area contributed by atoms with E-state index in [4.69, 9.17) is 14.2 Å². The van der Waals surface area contributed by atoms with Crippen molar-refractivity contribution in [3.05, 3.63) is 59.7 Å². The zero-order valence-corrected chi connectivity index (χ0v) is 15.6. The van der Waals surface area contributed by atoms with Crippen molar-refractivity contribution in [3.63, 3.8) is 0 Å². The number of carbonyl (C=O) groups is 1. The number of benzene rings is 2. The van der Waals surface area contributed by atoms with Gasteiger partial charge in [-0.2, -0.15) is 0 Å². The second kappa shape index (κ2) is 7.61. The van der Waals surface area contributed by atoms with E-state index in [0.717, 1.165) is 41.9 Å². The summed E-state index contributed by atoms with van der Waals surface area (Å²) in [4.78, 5) is 12.7. The van der Waals surface area contributed by atoms with E-state index in [1.165, 1.54) is 0 Å². The van der Waals surface area contributed by atoms with E-state index >= 15 is 0 Å². The number of nitrogens with one attached hydrogen (secondary N) is 1. The summed E-state index contributed by atoms with van der Waals surface area (Å²) in [5.41, 5.74) is 1.74. The Balaban J connectivity index is 1.51. The van der Waals surface area contributed by atoms with Crippen LogP contribution < -0.4 is 14.8 Å². The minimum atomic E-state index is -0.249. The summed E-state index contributed by atoms with van der Waals surface area (Å²) in [5, 5.41) is 3.23. The molecule has 1 spiro atoms. The molecule has 27 heavy (non-hydrogen) atoms. The van der Waals surface area contributed by atoms with Crippen LogP contribution in [0.15, 0.2) is 48.5 Å². The highest BCUT2D eigenvalue weighted by Gasteiger charge is 2.42. The highest BCUT2D eigenvalue weighted by atomic mass is 16.5. The van der Waals surface area contributed by atoms with E-state index in [1.807, 2.05) is 48.5 Å². The van der Waals surface area contributed by atoms with Crippen molar-refractivity contribution in [1.29, 1.82) is 0 Å². The number of ether oxygens (including phenoxy) is 3. The van der Waals surface area contributed by atoms with E-state index < -0.39 is 0 Å². The van der Waals surface area contributed by atoms with Gasteiger partial charge in [0.1, 0.15) is 17.1 Å². The van der Waals surface area contributed by atoms with Crippen LogP contribution in [0, 0.1) is 0 Å². The van der Waals surface area contributed by atoms with Crippen molar-refractivity contribution in [2.45, 2.75) is 37.3 Å². The molecular weight excluding hydrogens is 342 g/mol. The van der Waals surface area contributed by atoms with Crippen molar-refractivity contribution in [3.8, 4) is 11.5 Å². The standard InChI is InChI=1S/C22H25NO4/c1-25-17-6-4-5-16(13-17)14-21(24)23-19-15-22(9-11-26-12-10-22)27-20-8-3-2-7-18(19)20/h2-8,13,19H,9-12,14-15H2,1H3,(H,23,24)/t19-/m1/s1. The van der Waals surface area contributed by atoms with Crippen LogP contribution in [0.3, 0.4) is 0 Å². The van der Waals surface area contributed by atoms with E-state index in [1.54, 1.807) is 7.11 Å². The van der Waals surface area contributed by atoms with Gasteiger partial charge in [-0.1, -0.05) is 30.3 Å². The highest BCUT2D eigenvalue weighted by molar-refractivity contribution is 5.79. The lowest BCUT2D eigenvalue weighted by Gasteiger charge is -2.44. The normalized spacial score (nSPS) is 20.4. The molecule has 142 valence electrons. The summed E-state index contributed by atoms with van der Waals surface area (Å²) in [7, 11) is 1.63. The van der Waals surface area contributed by atoms with Gasteiger partial charge in [-0.15, -0.1) is 0 Å². The van der Waals surface area contributed by atoms with Crippen LogP contribution in [0.1, 0.15) is 36.4 Å². The van der Waals surface area contributed by atoms with E-state index in [0.29, 0.717) is 19.6 Å². The molecule has 2 aromatic carbocycles. The maximum Gasteiger partial charge on any atom is 0.224 e. The van der Waals surface area contributed by atoms with Crippen LogP contribution >= 0.6 is 0 Å². The van der Waals surface area contributed by atoms with Crippen molar-refractivity contribution in [1.82, 2.24) is 5.32 Å². The van der Waals surface area contributed by atoms with Crippen LogP contribution in [0.4, 0.5) is 0 Å². The Morgan fingerprint density at radius 2 is 2.00 bits per heavy atom. The third-order valence-electron chi connectivity index (χ3n) is 5.44. The van der Waals surface area contributed by atoms with Gasteiger partial charge in [0.25, 0.3) is 0 Å². The fourth-order valence-corrected chi connectivity index (χ4v) is 4.01. The molecule has 0 aromatic heterocycles. The molecule has 5 nitrogen and oxygen atoms in total. The molecule has 0 bridgehead atoms. The molecule has 1 amide bonds. The molecule has 0 unspecified atom stereocenters. The summed E-state index contributed by atoms with van der Waals surface area (Å²) in [5.74, 6) is 1.64. The lowest BCUT2D eigenvalue weighted by Crippen LogP contribution is -2.48. The van der Waals surface area contributed by atoms with Crippen LogP contribution in [0.5, 0.6) is 11.5 Å². The third-order valence-corrected chi connectivity index (χ3v) is 5.44. The van der Waals surface area contributed by atoms with Gasteiger partial charge in [-0.25, -0.2) is 0 Å². The van der Waals surface area contributed by atoms with Crippen molar-refractivity contribution in [2.75, 3.05) is 20.3 Å². The number of hydrogen-bond acceptors (Lipinski definition) is 4. The fraction of sp³-hybridized carbons (Fsp3) is 0.409. The summed E-state index contributed by atoms with van der Waals surface area (Å²) in [6, 6.07) is 15.6. The first-order chi connectivity index (χ1) is 13.2. The number of methoxy groups -OCH3 is 1. The average Bonchev–Trinajstić information content (AvgIpc) is 2.68. The molecule has 1 saturated heterocycles. The summed E-state index contributed by atoms with van der Waals surface area (Å²) < 4.78 is 17.1. The van der Waals surface area contributed by atoms with Crippen LogP contribution in [-0.4, -0.2) is 31.8 Å². The average molecular weight is 367 g/mol. The largest absolute Gasteiger partial charge is 0.497 e. The van der Waals surface area contributed by atoms with Gasteiger partial charge in [-0.05, 0) is 23.8 Å². The third kappa shape index (κ3) is 3.93. The van der Waals surface area contributed by atoms with Crippen LogP contribution in [0.2, 0.25) is 0 Å². The first kappa shape index (κ1) is 17.9. The molecule has 4 rings (SSSR count). The van der Waals surface area contributed by atoms with Gasteiger partial charge in [0.05, 0.1) is 32.8 Å². The maximum atomic E-state index is 12.7. The van der Waals surface area contributed by atoms with Gasteiger partial charge < -0.3 is 19.5 Å². The summed E-state index contributed by atoms with van der Waals surface area (Å²) in [6.45, 7) is 1.40. The molecule has 1 atom stereocenters. The monoisotopic (exact) mass is 367 g/mol. The van der Waals surface area contributed by atoms with Gasteiger partial charge >= 0.3 is 0 Å². The summed E-state index contributed by atoms with van der Waals surface area (Å²) in [6.07, 6.45) is 2.80. The van der Waals surface area contributed by atoms with Gasteiger partial charge in [0, 0.05) is 24.8 Å². The number of fused-ring (bicyclic) bond motifs is 1. The molecule has 1 fully saturated rings. The number of hydrogen-bond donors (Lipinski definition) is 1. The molecule has 2 aliphatic heterocycles. The Hall–Kier alpha value is -2.53. The van der Waals surface area contributed by atoms with E-state index in [2.05, 4.69) is 5.32 Å². The Morgan fingerprint density at radius 3 is 2.81 bits per heavy atom. The van der Waals surface area contributed by atoms with Crippen molar-refractivity contribution in [2.24, 2.45) is 0 Å². The molecule has 5 heteroatoms. The Labute approximate surface area is 159 Å². The number of amides is 1. The predicted octanol–water partition coefficient (Wildman–Crippen LogP) is 3.43. The SMILES string of the molecule is COc1cccc(CC(=O)N[C@@H]2CC3(CCOCC3)Oc3ccccc32)c1. The first-order valence-corrected chi connectivity index (χ1v) is 9.45. The van der Waals surface area contributed by atoms with Gasteiger partial charge in [0.15, 0.2) is 0 Å². The number of carbonyl (C=O) groups excluding carboxylic acids is 1. The summed E-state index contributed by atoms with van der Waals surface area (Å²) >= 11 is 0. The number of rotatable bonds is 4. The Kier molecular flexibility index (Phi) is 5.03. The molecule has 0 saturated carbocycles. The maximum absolute atomic E-state index is 12.7. The van der Waals surface area contributed by atoms with Crippen molar-refractivity contribution < 1.29 is 19.0 Å². The second-order valence-corrected chi connectivity index (χ2v) is 7.29. The lowest BCUT2D eigenvalue weighted by molar-refractivity contribution is -0.122. The molecule has 0 radical (unpaired) electrons. The zero-order valence-electron chi connectivity index (χ0n) is 15.6. The molecule has 2 heterocycles. The predicted molar refractivity (Wildman–Crippen MR) is 102 cm³/mol. The minimum absolute atomic E-state index is 0.00663. The number of para-hydroxylation sites is 1. The topological polar surface area (TPSA) is 56.8 Å². The second-order valence-electron chi connectivity index (χ2n) is 7.29. The highest BCUT2D eigenvalue weighted by Crippen LogP contribution is 2.43. The minimum Gasteiger partial charge on any atom is -0.497 e. The molecule has 1 N–H and O–H groups in total. The lowest BCUT2D eigenvalue weighted by atomic mass is 9.82. The molecule has 2 aromatic rings. The Morgan fingerprint density at radius 1 is 1.19 bits per heavy atom. The Bertz CT molecular complexity index is 813. The van der Waals surface area contributed by atoms with Crippen LogP contribution in [0.25, 0.3) is 0 Å². The quantitative estimate of drug-likeness (QED) is 0.900. The fourth-order valence-electron chi connectivity index (χ4n) is 4.01. The van der Waals surface area contributed by atoms with Crippen LogP contribution in [-0.2, 0) is 16.0 Å². The first-order valence-electron chi connectivity index (χ1n) is 9.45. The molecule has 2 aliphatic rings. The molecular formula is C22H25NO4.